The van der Waals surface area contributed by atoms with Crippen LogP contribution in [0.5, 0.6) is 0 Å². The molecule has 0 bridgehead atoms. The van der Waals surface area contributed by atoms with Crippen molar-refractivity contribution in [2.75, 3.05) is 11.8 Å². The van der Waals surface area contributed by atoms with Gasteiger partial charge >= 0.3 is 10.2 Å². The molecule has 0 aliphatic heterocycles. The molecule has 7 heteroatoms. The fourth-order valence-corrected chi connectivity index (χ4v) is 2.28. The second-order valence-electron chi connectivity index (χ2n) is 3.84. The van der Waals surface area contributed by atoms with E-state index in [0.717, 1.165) is 12.0 Å². The zero-order chi connectivity index (χ0) is 12.3. The number of aryl methyl sites for hydroxylation is 1. The maximum atomic E-state index is 11.9. The Morgan fingerprint density at radius 3 is 2.69 bits per heavy atom. The van der Waals surface area contributed by atoms with Crippen LogP contribution in [0.1, 0.15) is 26.3 Å². The van der Waals surface area contributed by atoms with Crippen molar-refractivity contribution >= 4 is 16.0 Å². The molecule has 2 N–H and O–H groups in total. The second-order valence-corrected chi connectivity index (χ2v) is 5.57. The lowest BCUT2D eigenvalue weighted by molar-refractivity contribution is 0.414. The Labute approximate surface area is 96.2 Å². The van der Waals surface area contributed by atoms with Gasteiger partial charge in [-0.2, -0.15) is 17.8 Å². The lowest BCUT2D eigenvalue weighted by Crippen LogP contribution is -2.37. The van der Waals surface area contributed by atoms with Gasteiger partial charge in [-0.1, -0.05) is 6.92 Å². The maximum Gasteiger partial charge on any atom is 0.302 e. The quantitative estimate of drug-likeness (QED) is 0.812. The van der Waals surface area contributed by atoms with Crippen LogP contribution >= 0.6 is 0 Å². The van der Waals surface area contributed by atoms with Gasteiger partial charge in [-0.05, 0) is 20.3 Å². The Bertz CT molecular complexity index is 438. The molecule has 0 amide bonds. The number of aromatic nitrogens is 2. The topological polar surface area (TPSA) is 78.1 Å². The highest BCUT2D eigenvalue weighted by atomic mass is 32.2. The summed E-state index contributed by atoms with van der Waals surface area (Å²) in [5.41, 5.74) is 0.848. The Balaban J connectivity index is 2.89. The van der Waals surface area contributed by atoms with Crippen molar-refractivity contribution in [2.45, 2.75) is 33.2 Å². The monoisotopic (exact) mass is 246 g/mol. The number of hydrogen-bond donors (Lipinski definition) is 2. The van der Waals surface area contributed by atoms with Gasteiger partial charge in [-0.3, -0.25) is 9.82 Å². The van der Waals surface area contributed by atoms with Gasteiger partial charge in [0.25, 0.3) is 0 Å². The van der Waals surface area contributed by atoms with E-state index in [1.54, 1.807) is 6.20 Å². The van der Waals surface area contributed by atoms with E-state index in [1.807, 2.05) is 20.8 Å². The van der Waals surface area contributed by atoms with Crippen LogP contribution in [0.3, 0.4) is 0 Å². The Hall–Kier alpha value is -1.08. The Kier molecular flexibility index (Phi) is 3.93. The molecule has 0 fully saturated rings. The molecule has 16 heavy (non-hydrogen) atoms. The van der Waals surface area contributed by atoms with Crippen LogP contribution in [0.15, 0.2) is 6.20 Å². The summed E-state index contributed by atoms with van der Waals surface area (Å²) in [6.07, 6.45) is 2.34. The number of rotatable bonds is 5. The SMILES string of the molecule is CCc1cn[nH]c1NS(=O)(=O)N(C)C(C)C. The van der Waals surface area contributed by atoms with Crippen molar-refractivity contribution < 1.29 is 8.42 Å². The van der Waals surface area contributed by atoms with Crippen molar-refractivity contribution in [3.05, 3.63) is 11.8 Å². The molecule has 0 aromatic carbocycles. The minimum atomic E-state index is -3.50. The molecule has 1 heterocycles. The van der Waals surface area contributed by atoms with Gasteiger partial charge in [0.15, 0.2) is 0 Å². The van der Waals surface area contributed by atoms with E-state index in [9.17, 15) is 8.42 Å². The third-order valence-electron chi connectivity index (χ3n) is 2.44. The van der Waals surface area contributed by atoms with Crippen LogP contribution < -0.4 is 4.72 Å². The first kappa shape index (κ1) is 13.0. The summed E-state index contributed by atoms with van der Waals surface area (Å²) in [4.78, 5) is 0. The van der Waals surface area contributed by atoms with Crippen molar-refractivity contribution in [2.24, 2.45) is 0 Å². The third kappa shape index (κ3) is 2.73. The van der Waals surface area contributed by atoms with E-state index in [1.165, 1.54) is 11.4 Å². The van der Waals surface area contributed by atoms with Gasteiger partial charge in [0.05, 0.1) is 6.20 Å². The fourth-order valence-electron chi connectivity index (χ4n) is 1.15. The van der Waals surface area contributed by atoms with Gasteiger partial charge in [0, 0.05) is 18.7 Å². The van der Waals surface area contributed by atoms with Crippen LogP contribution in [-0.4, -0.2) is 36.0 Å². The number of hydrogen-bond acceptors (Lipinski definition) is 3. The predicted molar refractivity (Wildman–Crippen MR) is 63.4 cm³/mol. The largest absolute Gasteiger partial charge is 0.302 e. The molecular formula is C9H18N4O2S. The van der Waals surface area contributed by atoms with E-state index in [0.29, 0.717) is 5.82 Å². The summed E-state index contributed by atoms with van der Waals surface area (Å²) in [6, 6.07) is -0.0921. The van der Waals surface area contributed by atoms with Crippen LogP contribution in [-0.2, 0) is 16.6 Å². The smallest absolute Gasteiger partial charge is 0.262 e. The summed E-state index contributed by atoms with van der Waals surface area (Å²) in [5, 5.41) is 6.45. The number of H-pyrrole nitrogens is 1. The molecule has 0 aliphatic carbocycles. The molecule has 0 aliphatic rings. The number of aromatic amines is 1. The maximum absolute atomic E-state index is 11.9. The summed E-state index contributed by atoms with van der Waals surface area (Å²) in [6.45, 7) is 5.56. The lowest BCUT2D eigenvalue weighted by Gasteiger charge is -2.21. The zero-order valence-electron chi connectivity index (χ0n) is 9.98. The van der Waals surface area contributed by atoms with Crippen LogP contribution in [0, 0.1) is 0 Å². The van der Waals surface area contributed by atoms with Crippen LogP contribution in [0.2, 0.25) is 0 Å². The standard InChI is InChI=1S/C9H18N4O2S/c1-5-8-6-10-11-9(8)12-16(14,15)13(4)7(2)3/h6-7H,5H2,1-4H3,(H2,10,11,12). The predicted octanol–water partition coefficient (Wildman–Crippen LogP) is 0.969. The molecule has 1 aromatic rings. The normalized spacial score (nSPS) is 12.4. The lowest BCUT2D eigenvalue weighted by atomic mass is 10.3. The molecule has 6 nitrogen and oxygen atoms in total. The first-order valence-electron chi connectivity index (χ1n) is 5.16. The third-order valence-corrected chi connectivity index (χ3v) is 4.08. The van der Waals surface area contributed by atoms with Gasteiger partial charge < -0.3 is 0 Å². The first-order valence-corrected chi connectivity index (χ1v) is 6.60. The van der Waals surface area contributed by atoms with Gasteiger partial charge in [0.2, 0.25) is 0 Å². The Morgan fingerprint density at radius 1 is 1.56 bits per heavy atom. The Morgan fingerprint density at radius 2 is 2.19 bits per heavy atom. The average molecular weight is 246 g/mol. The molecule has 92 valence electrons. The van der Waals surface area contributed by atoms with E-state index in [4.69, 9.17) is 0 Å². The number of nitrogens with zero attached hydrogens (tertiary/aromatic N) is 2. The molecule has 0 radical (unpaired) electrons. The van der Waals surface area contributed by atoms with Gasteiger partial charge in [0.1, 0.15) is 5.82 Å². The van der Waals surface area contributed by atoms with Crippen molar-refractivity contribution in [1.82, 2.24) is 14.5 Å². The highest BCUT2D eigenvalue weighted by Gasteiger charge is 2.21. The highest BCUT2D eigenvalue weighted by Crippen LogP contribution is 2.15. The van der Waals surface area contributed by atoms with Crippen molar-refractivity contribution in [3.63, 3.8) is 0 Å². The molecule has 0 saturated carbocycles. The molecular weight excluding hydrogens is 228 g/mol. The van der Waals surface area contributed by atoms with E-state index >= 15 is 0 Å². The van der Waals surface area contributed by atoms with Crippen LogP contribution in [0.4, 0.5) is 5.82 Å². The molecule has 0 saturated heterocycles. The van der Waals surface area contributed by atoms with Crippen molar-refractivity contribution in [3.8, 4) is 0 Å². The summed E-state index contributed by atoms with van der Waals surface area (Å²) < 4.78 is 27.5. The summed E-state index contributed by atoms with van der Waals surface area (Å²) >= 11 is 0. The average Bonchev–Trinajstić information content (AvgIpc) is 2.63. The molecule has 0 unspecified atom stereocenters. The van der Waals surface area contributed by atoms with E-state index in [2.05, 4.69) is 14.9 Å². The van der Waals surface area contributed by atoms with Crippen LogP contribution in [0.25, 0.3) is 0 Å². The van der Waals surface area contributed by atoms with E-state index < -0.39 is 10.2 Å². The first-order chi connectivity index (χ1) is 7.38. The number of anilines is 1. The molecule has 1 rings (SSSR count). The summed E-state index contributed by atoms with van der Waals surface area (Å²) in [7, 11) is -1.97. The minimum absolute atomic E-state index is 0.0921. The molecule has 0 spiro atoms. The molecule has 1 aromatic heterocycles. The van der Waals surface area contributed by atoms with Gasteiger partial charge in [-0.25, -0.2) is 0 Å². The zero-order valence-corrected chi connectivity index (χ0v) is 10.8. The summed E-state index contributed by atoms with van der Waals surface area (Å²) in [5.74, 6) is 0.440. The van der Waals surface area contributed by atoms with E-state index in [-0.39, 0.29) is 6.04 Å². The second kappa shape index (κ2) is 4.84. The highest BCUT2D eigenvalue weighted by molar-refractivity contribution is 7.90. The number of nitrogens with one attached hydrogen (secondary N) is 2. The fraction of sp³-hybridized carbons (Fsp3) is 0.667. The minimum Gasteiger partial charge on any atom is -0.262 e. The van der Waals surface area contributed by atoms with Gasteiger partial charge in [-0.15, -0.1) is 0 Å². The molecule has 0 atom stereocenters. The van der Waals surface area contributed by atoms with Crippen molar-refractivity contribution in [1.29, 1.82) is 0 Å².